The molecule has 1 rings (SSSR count). The number of hydrogen-bond donors (Lipinski definition) is 1. The molecule has 0 aromatic heterocycles. The third kappa shape index (κ3) is 5.51. The first-order valence-corrected chi connectivity index (χ1v) is 7.28. The van der Waals surface area contributed by atoms with Gasteiger partial charge in [0.15, 0.2) is 0 Å². The Bertz CT molecular complexity index is 406. The molecule has 1 aromatic rings. The van der Waals surface area contributed by atoms with Gasteiger partial charge in [-0.2, -0.15) is 0 Å². The highest BCUT2D eigenvalue weighted by molar-refractivity contribution is 5.68. The number of carboxylic acid groups (broad SMARTS) is 1. The Labute approximate surface area is 121 Å². The molecule has 0 bridgehead atoms. The van der Waals surface area contributed by atoms with Gasteiger partial charge in [-0.05, 0) is 18.6 Å². The average molecular weight is 279 g/mol. The maximum Gasteiger partial charge on any atom is 0.305 e. The van der Waals surface area contributed by atoms with Crippen LogP contribution in [0.1, 0.15) is 39.0 Å². The van der Waals surface area contributed by atoms with E-state index in [9.17, 15) is 4.79 Å². The molecule has 0 atom stereocenters. The molecular formula is C16H25NO3. The van der Waals surface area contributed by atoms with Gasteiger partial charge in [-0.1, -0.05) is 38.3 Å². The summed E-state index contributed by atoms with van der Waals surface area (Å²) in [5.41, 5.74) is 0.979. The van der Waals surface area contributed by atoms with Crippen LogP contribution in [0.4, 0.5) is 5.69 Å². The quantitative estimate of drug-likeness (QED) is 0.665. The molecule has 0 aliphatic heterocycles. The lowest BCUT2D eigenvalue weighted by molar-refractivity contribution is -0.136. The van der Waals surface area contributed by atoms with Crippen LogP contribution >= 0.6 is 0 Å². The smallest absolute Gasteiger partial charge is 0.305 e. The maximum absolute atomic E-state index is 10.8. The lowest BCUT2D eigenvalue weighted by atomic mass is 10.1. The van der Waals surface area contributed by atoms with Crippen LogP contribution in [-0.4, -0.2) is 31.3 Å². The van der Waals surface area contributed by atoms with Crippen molar-refractivity contribution in [3.05, 3.63) is 24.3 Å². The summed E-state index contributed by atoms with van der Waals surface area (Å²) < 4.78 is 5.37. The van der Waals surface area contributed by atoms with Gasteiger partial charge >= 0.3 is 5.97 Å². The fraction of sp³-hybridized carbons (Fsp3) is 0.562. The van der Waals surface area contributed by atoms with Crippen LogP contribution in [0.15, 0.2) is 24.3 Å². The highest BCUT2D eigenvalue weighted by atomic mass is 16.5. The Balaban J connectivity index is 2.71. The predicted molar refractivity (Wildman–Crippen MR) is 81.6 cm³/mol. The van der Waals surface area contributed by atoms with Gasteiger partial charge in [-0.3, -0.25) is 4.79 Å². The fourth-order valence-corrected chi connectivity index (χ4v) is 2.20. The molecule has 0 unspecified atom stereocenters. The van der Waals surface area contributed by atoms with E-state index < -0.39 is 5.97 Å². The summed E-state index contributed by atoms with van der Waals surface area (Å²) >= 11 is 0. The molecule has 0 saturated heterocycles. The minimum atomic E-state index is -0.765. The monoisotopic (exact) mass is 279 g/mol. The molecule has 4 nitrogen and oxygen atoms in total. The average Bonchev–Trinajstić information content (AvgIpc) is 2.46. The largest absolute Gasteiger partial charge is 0.495 e. The van der Waals surface area contributed by atoms with Crippen LogP contribution < -0.4 is 9.64 Å². The summed E-state index contributed by atoms with van der Waals surface area (Å²) in [7, 11) is 1.64. The molecule has 0 fully saturated rings. The zero-order chi connectivity index (χ0) is 14.8. The van der Waals surface area contributed by atoms with Gasteiger partial charge in [0, 0.05) is 13.1 Å². The lowest BCUT2D eigenvalue weighted by Crippen LogP contribution is -2.27. The van der Waals surface area contributed by atoms with Crippen molar-refractivity contribution in [1.82, 2.24) is 0 Å². The van der Waals surface area contributed by atoms with E-state index in [0.29, 0.717) is 6.54 Å². The van der Waals surface area contributed by atoms with Crippen molar-refractivity contribution in [2.45, 2.75) is 39.0 Å². The third-order valence-electron chi connectivity index (χ3n) is 3.30. The molecule has 1 aromatic carbocycles. The van der Waals surface area contributed by atoms with Crippen LogP contribution in [-0.2, 0) is 4.79 Å². The summed E-state index contributed by atoms with van der Waals surface area (Å²) in [5.74, 6) is 0.0341. The summed E-state index contributed by atoms with van der Waals surface area (Å²) in [6.07, 6.45) is 4.81. The van der Waals surface area contributed by atoms with Gasteiger partial charge in [-0.15, -0.1) is 0 Å². The Morgan fingerprint density at radius 3 is 2.60 bits per heavy atom. The molecule has 0 aliphatic carbocycles. The summed E-state index contributed by atoms with van der Waals surface area (Å²) in [5, 5.41) is 8.89. The normalized spacial score (nSPS) is 10.3. The van der Waals surface area contributed by atoms with Crippen molar-refractivity contribution in [2.24, 2.45) is 0 Å². The minimum Gasteiger partial charge on any atom is -0.495 e. The van der Waals surface area contributed by atoms with Crippen LogP contribution in [0.5, 0.6) is 5.75 Å². The second-order valence-electron chi connectivity index (χ2n) is 4.86. The van der Waals surface area contributed by atoms with Gasteiger partial charge < -0.3 is 14.7 Å². The van der Waals surface area contributed by atoms with Crippen molar-refractivity contribution in [3.8, 4) is 5.75 Å². The standard InChI is InChI=1S/C16H25NO3/c1-3-4-5-8-12-17(13-11-16(18)19)14-9-6-7-10-15(14)20-2/h6-7,9-10H,3-5,8,11-13H2,1-2H3,(H,18,19). The molecule has 1 N–H and O–H groups in total. The number of para-hydroxylation sites is 2. The Morgan fingerprint density at radius 2 is 1.95 bits per heavy atom. The number of carboxylic acids is 1. The summed E-state index contributed by atoms with van der Waals surface area (Å²) in [6, 6.07) is 7.78. The SMILES string of the molecule is CCCCCCN(CCC(=O)O)c1ccccc1OC. The molecule has 0 radical (unpaired) electrons. The molecule has 0 aliphatic rings. The predicted octanol–water partition coefficient (Wildman–Crippen LogP) is 3.56. The first-order valence-electron chi connectivity index (χ1n) is 7.28. The van der Waals surface area contributed by atoms with Gasteiger partial charge in [0.1, 0.15) is 5.75 Å². The molecular weight excluding hydrogens is 254 g/mol. The van der Waals surface area contributed by atoms with E-state index >= 15 is 0 Å². The van der Waals surface area contributed by atoms with Crippen molar-refractivity contribution >= 4 is 11.7 Å². The molecule has 0 amide bonds. The molecule has 112 valence electrons. The number of nitrogens with zero attached hydrogens (tertiary/aromatic N) is 1. The van der Waals surface area contributed by atoms with Gasteiger partial charge in [0.05, 0.1) is 19.2 Å². The van der Waals surface area contributed by atoms with Crippen LogP contribution in [0, 0.1) is 0 Å². The van der Waals surface area contributed by atoms with Gasteiger partial charge in [0.25, 0.3) is 0 Å². The number of aliphatic carboxylic acids is 1. The highest BCUT2D eigenvalue weighted by Gasteiger charge is 2.12. The maximum atomic E-state index is 10.8. The van der Waals surface area contributed by atoms with Crippen molar-refractivity contribution in [3.63, 3.8) is 0 Å². The number of ether oxygens (including phenoxy) is 1. The van der Waals surface area contributed by atoms with E-state index in [2.05, 4.69) is 11.8 Å². The first kappa shape index (κ1) is 16.3. The third-order valence-corrected chi connectivity index (χ3v) is 3.30. The minimum absolute atomic E-state index is 0.145. The molecule has 0 saturated carbocycles. The van der Waals surface area contributed by atoms with Gasteiger partial charge in [-0.25, -0.2) is 0 Å². The Hall–Kier alpha value is -1.71. The molecule has 0 heterocycles. The van der Waals surface area contributed by atoms with E-state index in [1.54, 1.807) is 7.11 Å². The number of methoxy groups -OCH3 is 1. The van der Waals surface area contributed by atoms with Crippen molar-refractivity contribution in [1.29, 1.82) is 0 Å². The number of unbranched alkanes of at least 4 members (excludes halogenated alkanes) is 3. The second-order valence-corrected chi connectivity index (χ2v) is 4.86. The first-order chi connectivity index (χ1) is 9.69. The van der Waals surface area contributed by atoms with Crippen molar-refractivity contribution in [2.75, 3.05) is 25.1 Å². The van der Waals surface area contributed by atoms with Gasteiger partial charge in [0.2, 0.25) is 0 Å². The van der Waals surface area contributed by atoms with E-state index in [-0.39, 0.29) is 6.42 Å². The molecule has 0 spiro atoms. The van der Waals surface area contributed by atoms with E-state index in [0.717, 1.165) is 24.4 Å². The Morgan fingerprint density at radius 1 is 1.20 bits per heavy atom. The highest BCUT2D eigenvalue weighted by Crippen LogP contribution is 2.28. The number of rotatable bonds is 10. The summed E-state index contributed by atoms with van der Waals surface area (Å²) in [6.45, 7) is 3.57. The molecule has 20 heavy (non-hydrogen) atoms. The van der Waals surface area contributed by atoms with E-state index in [4.69, 9.17) is 9.84 Å². The van der Waals surface area contributed by atoms with E-state index in [1.165, 1.54) is 19.3 Å². The lowest BCUT2D eigenvalue weighted by Gasteiger charge is -2.26. The number of hydrogen-bond acceptors (Lipinski definition) is 3. The zero-order valence-electron chi connectivity index (χ0n) is 12.5. The topological polar surface area (TPSA) is 49.8 Å². The zero-order valence-corrected chi connectivity index (χ0v) is 12.5. The van der Waals surface area contributed by atoms with Crippen LogP contribution in [0.3, 0.4) is 0 Å². The number of carbonyl (C=O) groups is 1. The van der Waals surface area contributed by atoms with Crippen molar-refractivity contribution < 1.29 is 14.6 Å². The Kier molecular flexibility index (Phi) is 7.55. The van der Waals surface area contributed by atoms with E-state index in [1.807, 2.05) is 24.3 Å². The second kappa shape index (κ2) is 9.23. The van der Waals surface area contributed by atoms with Crippen LogP contribution in [0.2, 0.25) is 0 Å². The number of anilines is 1. The summed E-state index contributed by atoms with van der Waals surface area (Å²) in [4.78, 5) is 12.9. The fourth-order valence-electron chi connectivity index (χ4n) is 2.20. The molecule has 4 heteroatoms. The number of benzene rings is 1. The van der Waals surface area contributed by atoms with Crippen LogP contribution in [0.25, 0.3) is 0 Å².